The average molecular weight is 293 g/mol. The second-order valence-electron chi connectivity index (χ2n) is 4.28. The van der Waals surface area contributed by atoms with Crippen LogP contribution < -0.4 is 10.9 Å². The molecule has 2 N–H and O–H groups in total. The molecule has 1 aromatic heterocycles. The van der Waals surface area contributed by atoms with E-state index in [9.17, 15) is 18.0 Å². The van der Waals surface area contributed by atoms with Crippen molar-refractivity contribution in [3.05, 3.63) is 27.9 Å². The predicted molar refractivity (Wildman–Crippen MR) is 67.4 cm³/mol. The standard InChI is InChI=1S/C12H18F3N3O2/c1-2-4-16-7-9-6-11(19)18-10(17-9)3-5-20-8-12(13,14)15/h6,16H,2-5,7-8H2,1H3,(H,17,18,19). The van der Waals surface area contributed by atoms with E-state index in [-0.39, 0.29) is 18.6 Å². The van der Waals surface area contributed by atoms with Crippen LogP contribution in [-0.4, -0.2) is 35.9 Å². The molecule has 0 unspecified atom stereocenters. The van der Waals surface area contributed by atoms with Gasteiger partial charge >= 0.3 is 6.18 Å². The smallest absolute Gasteiger partial charge is 0.372 e. The minimum absolute atomic E-state index is 0.132. The number of hydrogen-bond donors (Lipinski definition) is 2. The number of hydrogen-bond acceptors (Lipinski definition) is 4. The van der Waals surface area contributed by atoms with Gasteiger partial charge in [0.15, 0.2) is 0 Å². The van der Waals surface area contributed by atoms with E-state index in [1.807, 2.05) is 6.92 Å². The summed E-state index contributed by atoms with van der Waals surface area (Å²) in [7, 11) is 0. The summed E-state index contributed by atoms with van der Waals surface area (Å²) in [5.74, 6) is 0.327. The summed E-state index contributed by atoms with van der Waals surface area (Å²) in [6.07, 6.45) is -3.25. The van der Waals surface area contributed by atoms with E-state index >= 15 is 0 Å². The molecule has 0 amide bonds. The van der Waals surface area contributed by atoms with Gasteiger partial charge in [-0.15, -0.1) is 0 Å². The Morgan fingerprint density at radius 1 is 1.45 bits per heavy atom. The number of nitrogens with zero attached hydrogens (tertiary/aromatic N) is 1. The normalized spacial score (nSPS) is 11.8. The Hall–Kier alpha value is -1.41. The van der Waals surface area contributed by atoms with Crippen molar-refractivity contribution in [3.8, 4) is 0 Å². The van der Waals surface area contributed by atoms with E-state index in [0.29, 0.717) is 18.1 Å². The SMILES string of the molecule is CCCNCc1cc(=O)[nH]c(CCOCC(F)(F)F)n1. The van der Waals surface area contributed by atoms with Crippen LogP contribution in [0.15, 0.2) is 10.9 Å². The monoisotopic (exact) mass is 293 g/mol. The second-order valence-corrected chi connectivity index (χ2v) is 4.28. The lowest BCUT2D eigenvalue weighted by atomic mass is 10.3. The highest BCUT2D eigenvalue weighted by Gasteiger charge is 2.27. The molecular formula is C12H18F3N3O2. The van der Waals surface area contributed by atoms with Gasteiger partial charge in [-0.3, -0.25) is 4.79 Å². The zero-order valence-electron chi connectivity index (χ0n) is 11.2. The van der Waals surface area contributed by atoms with Crippen LogP contribution in [0.3, 0.4) is 0 Å². The molecule has 0 radical (unpaired) electrons. The van der Waals surface area contributed by atoms with Gasteiger partial charge in [-0.05, 0) is 13.0 Å². The van der Waals surface area contributed by atoms with Crippen LogP contribution in [-0.2, 0) is 17.7 Å². The Balaban J connectivity index is 2.47. The molecule has 0 aliphatic carbocycles. The van der Waals surface area contributed by atoms with Gasteiger partial charge in [0.05, 0.1) is 12.3 Å². The fourth-order valence-electron chi connectivity index (χ4n) is 1.52. The van der Waals surface area contributed by atoms with Gasteiger partial charge < -0.3 is 15.0 Å². The topological polar surface area (TPSA) is 67.0 Å². The molecule has 0 atom stereocenters. The fourth-order valence-corrected chi connectivity index (χ4v) is 1.52. The number of H-pyrrole nitrogens is 1. The van der Waals surface area contributed by atoms with Crippen molar-refractivity contribution in [2.45, 2.75) is 32.5 Å². The molecule has 0 aliphatic rings. The van der Waals surface area contributed by atoms with E-state index < -0.39 is 12.8 Å². The zero-order chi connectivity index (χ0) is 15.0. The van der Waals surface area contributed by atoms with Crippen molar-refractivity contribution in [2.24, 2.45) is 0 Å². The lowest BCUT2D eigenvalue weighted by Crippen LogP contribution is -2.21. The Kier molecular flexibility index (Phi) is 6.66. The highest BCUT2D eigenvalue weighted by Crippen LogP contribution is 2.14. The van der Waals surface area contributed by atoms with Crippen LogP contribution in [0.5, 0.6) is 0 Å². The number of ether oxygens (including phenoxy) is 1. The van der Waals surface area contributed by atoms with Crippen molar-refractivity contribution < 1.29 is 17.9 Å². The molecule has 1 heterocycles. The van der Waals surface area contributed by atoms with Gasteiger partial charge in [0, 0.05) is 19.0 Å². The minimum atomic E-state index is -4.34. The van der Waals surface area contributed by atoms with E-state index in [4.69, 9.17) is 0 Å². The second kappa shape index (κ2) is 8.01. The number of rotatable bonds is 8. The molecule has 0 bridgehead atoms. The van der Waals surface area contributed by atoms with E-state index in [2.05, 4.69) is 20.0 Å². The molecule has 8 heteroatoms. The maximum absolute atomic E-state index is 11.9. The Morgan fingerprint density at radius 3 is 2.85 bits per heavy atom. The van der Waals surface area contributed by atoms with Gasteiger partial charge in [0.25, 0.3) is 5.56 Å². The summed E-state index contributed by atoms with van der Waals surface area (Å²) < 4.78 is 40.1. The van der Waals surface area contributed by atoms with Gasteiger partial charge in [0.1, 0.15) is 12.4 Å². The quantitative estimate of drug-likeness (QED) is 0.711. The molecule has 1 rings (SSSR count). The highest BCUT2D eigenvalue weighted by molar-refractivity contribution is 5.02. The van der Waals surface area contributed by atoms with Crippen molar-refractivity contribution in [1.82, 2.24) is 15.3 Å². The Labute approximate surface area is 114 Å². The molecule has 20 heavy (non-hydrogen) atoms. The van der Waals surface area contributed by atoms with Crippen LogP contribution in [0, 0.1) is 0 Å². The number of nitrogens with one attached hydrogen (secondary N) is 2. The number of aromatic nitrogens is 2. The third kappa shape index (κ3) is 7.25. The lowest BCUT2D eigenvalue weighted by Gasteiger charge is -2.08. The lowest BCUT2D eigenvalue weighted by molar-refractivity contribution is -0.173. The first-order chi connectivity index (χ1) is 9.40. The maximum atomic E-state index is 11.9. The van der Waals surface area contributed by atoms with E-state index in [0.717, 1.165) is 13.0 Å². The number of halogens is 3. The molecule has 0 aromatic carbocycles. The fraction of sp³-hybridized carbons (Fsp3) is 0.667. The molecule has 0 aliphatic heterocycles. The summed E-state index contributed by atoms with van der Waals surface area (Å²) in [6.45, 7) is 1.83. The highest BCUT2D eigenvalue weighted by atomic mass is 19.4. The van der Waals surface area contributed by atoms with Crippen molar-refractivity contribution in [1.29, 1.82) is 0 Å². The first-order valence-corrected chi connectivity index (χ1v) is 6.35. The van der Waals surface area contributed by atoms with E-state index in [1.165, 1.54) is 6.07 Å². The van der Waals surface area contributed by atoms with Crippen molar-refractivity contribution in [2.75, 3.05) is 19.8 Å². The third-order valence-electron chi connectivity index (χ3n) is 2.33. The molecule has 0 saturated heterocycles. The summed E-state index contributed by atoms with van der Waals surface area (Å²) >= 11 is 0. The molecule has 0 spiro atoms. The number of aromatic amines is 1. The van der Waals surface area contributed by atoms with Gasteiger partial charge in [-0.25, -0.2) is 4.98 Å². The molecule has 0 fully saturated rings. The first-order valence-electron chi connectivity index (χ1n) is 6.35. The van der Waals surface area contributed by atoms with Gasteiger partial charge in [-0.1, -0.05) is 6.92 Å². The average Bonchev–Trinajstić information content (AvgIpc) is 2.33. The Morgan fingerprint density at radius 2 is 2.20 bits per heavy atom. The first kappa shape index (κ1) is 16.6. The van der Waals surface area contributed by atoms with Crippen molar-refractivity contribution in [3.63, 3.8) is 0 Å². The van der Waals surface area contributed by atoms with E-state index in [1.54, 1.807) is 0 Å². The molecule has 5 nitrogen and oxygen atoms in total. The van der Waals surface area contributed by atoms with Crippen LogP contribution >= 0.6 is 0 Å². The molecular weight excluding hydrogens is 275 g/mol. The van der Waals surface area contributed by atoms with Gasteiger partial charge in [0.2, 0.25) is 0 Å². The van der Waals surface area contributed by atoms with Crippen LogP contribution in [0.2, 0.25) is 0 Å². The summed E-state index contributed by atoms with van der Waals surface area (Å²) in [6, 6.07) is 1.36. The maximum Gasteiger partial charge on any atom is 0.411 e. The Bertz CT molecular complexity index is 460. The molecule has 0 saturated carbocycles. The minimum Gasteiger partial charge on any atom is -0.372 e. The largest absolute Gasteiger partial charge is 0.411 e. The summed E-state index contributed by atoms with van der Waals surface area (Å²) in [5, 5.41) is 3.10. The molecule has 114 valence electrons. The summed E-state index contributed by atoms with van der Waals surface area (Å²) in [5.41, 5.74) is 0.243. The third-order valence-corrected chi connectivity index (χ3v) is 2.33. The van der Waals surface area contributed by atoms with Gasteiger partial charge in [-0.2, -0.15) is 13.2 Å². The van der Waals surface area contributed by atoms with Crippen LogP contribution in [0.1, 0.15) is 24.9 Å². The zero-order valence-corrected chi connectivity index (χ0v) is 11.2. The molecule has 1 aromatic rings. The summed E-state index contributed by atoms with van der Waals surface area (Å²) in [4.78, 5) is 18.0. The van der Waals surface area contributed by atoms with Crippen LogP contribution in [0.4, 0.5) is 13.2 Å². The number of alkyl halides is 3. The van der Waals surface area contributed by atoms with Crippen LogP contribution in [0.25, 0.3) is 0 Å². The van der Waals surface area contributed by atoms with Crippen molar-refractivity contribution >= 4 is 0 Å². The predicted octanol–water partition coefficient (Wildman–Crippen LogP) is 1.39.